The first kappa shape index (κ1) is 22.9. The molecule has 0 saturated carbocycles. The Kier molecular flexibility index (Phi) is 6.43. The lowest BCUT2D eigenvalue weighted by atomic mass is 9.99. The second-order valence-corrected chi connectivity index (χ2v) is 9.07. The number of carbonyl (C=O) groups excluding carboxylic acids is 1. The number of anilines is 2. The van der Waals surface area contributed by atoms with Gasteiger partial charge in [-0.15, -0.1) is 0 Å². The minimum atomic E-state index is -0.335. The molecule has 2 atom stereocenters. The summed E-state index contributed by atoms with van der Waals surface area (Å²) in [6.07, 6.45) is -0.0654. The number of esters is 1. The summed E-state index contributed by atoms with van der Waals surface area (Å²) in [7, 11) is 1.41. The lowest BCUT2D eigenvalue weighted by molar-refractivity contribution is 0.0600. The minimum absolute atomic E-state index is 0.0654. The molecule has 0 spiro atoms. The average Bonchev–Trinajstić information content (AvgIpc) is 2.90. The third kappa shape index (κ3) is 4.73. The van der Waals surface area contributed by atoms with E-state index in [1.807, 2.05) is 37.3 Å². The lowest BCUT2D eigenvalue weighted by Crippen LogP contribution is -2.44. The predicted molar refractivity (Wildman–Crippen MR) is 141 cm³/mol. The van der Waals surface area contributed by atoms with Crippen molar-refractivity contribution < 1.29 is 14.3 Å². The summed E-state index contributed by atoms with van der Waals surface area (Å²) in [4.78, 5) is 14.5. The second kappa shape index (κ2) is 9.80. The van der Waals surface area contributed by atoms with Gasteiger partial charge in [0.1, 0.15) is 11.9 Å². The molecule has 4 aromatic carbocycles. The van der Waals surface area contributed by atoms with Gasteiger partial charge in [-0.1, -0.05) is 54.6 Å². The highest BCUT2D eigenvalue weighted by Gasteiger charge is 2.27. The Morgan fingerprint density at radius 1 is 1.06 bits per heavy atom. The zero-order valence-electron chi connectivity index (χ0n) is 20.3. The number of nitrogens with zero attached hydrogens (tertiary/aromatic N) is 1. The number of nitrogens with one attached hydrogen (secondary N) is 1. The molecule has 5 nitrogen and oxygen atoms in total. The zero-order chi connectivity index (χ0) is 24.4. The third-order valence-electron chi connectivity index (χ3n) is 6.57. The molecule has 4 aromatic rings. The van der Waals surface area contributed by atoms with Crippen LogP contribution in [0.5, 0.6) is 5.75 Å². The van der Waals surface area contributed by atoms with Crippen molar-refractivity contribution >= 4 is 28.1 Å². The molecule has 1 N–H and O–H groups in total. The number of benzene rings is 4. The molecule has 0 bridgehead atoms. The van der Waals surface area contributed by atoms with Gasteiger partial charge in [-0.25, -0.2) is 4.79 Å². The van der Waals surface area contributed by atoms with Crippen LogP contribution in [0.15, 0.2) is 84.9 Å². The zero-order valence-corrected chi connectivity index (χ0v) is 20.3. The number of carbonyl (C=O) groups is 1. The SMILES string of the molecule is COC(=O)c1cc(C)cc(N2CC(CNC(C)c3cccc4ccccc34)Oc3ccccc32)c1. The molecule has 35 heavy (non-hydrogen) atoms. The molecule has 1 aliphatic rings. The molecule has 0 aliphatic carbocycles. The van der Waals surface area contributed by atoms with E-state index in [0.717, 1.165) is 22.7 Å². The first-order valence-corrected chi connectivity index (χ1v) is 12.0. The Bertz CT molecular complexity index is 1360. The van der Waals surface area contributed by atoms with E-state index in [9.17, 15) is 4.79 Å². The van der Waals surface area contributed by atoms with E-state index < -0.39 is 0 Å². The normalized spacial score (nSPS) is 15.9. The predicted octanol–water partition coefficient (Wildman–Crippen LogP) is 6.18. The van der Waals surface area contributed by atoms with Crippen LogP contribution in [-0.2, 0) is 4.74 Å². The average molecular weight is 467 g/mol. The highest BCUT2D eigenvalue weighted by Crippen LogP contribution is 2.38. The number of ether oxygens (including phenoxy) is 2. The fourth-order valence-corrected chi connectivity index (χ4v) is 4.85. The number of fused-ring (bicyclic) bond motifs is 2. The van der Waals surface area contributed by atoms with Gasteiger partial charge in [0.25, 0.3) is 0 Å². The maximum Gasteiger partial charge on any atom is 0.337 e. The summed E-state index contributed by atoms with van der Waals surface area (Å²) < 4.78 is 11.4. The van der Waals surface area contributed by atoms with Crippen molar-refractivity contribution in [2.75, 3.05) is 25.1 Å². The number of hydrogen-bond donors (Lipinski definition) is 1. The number of rotatable bonds is 6. The van der Waals surface area contributed by atoms with Crippen LogP contribution in [0, 0.1) is 6.92 Å². The maximum absolute atomic E-state index is 12.2. The van der Waals surface area contributed by atoms with Crippen LogP contribution in [0.4, 0.5) is 11.4 Å². The van der Waals surface area contributed by atoms with Gasteiger partial charge in [0.2, 0.25) is 0 Å². The molecule has 0 amide bonds. The van der Waals surface area contributed by atoms with E-state index in [4.69, 9.17) is 9.47 Å². The van der Waals surface area contributed by atoms with E-state index in [0.29, 0.717) is 18.7 Å². The van der Waals surface area contributed by atoms with Gasteiger partial charge >= 0.3 is 5.97 Å². The molecule has 5 rings (SSSR count). The molecule has 0 radical (unpaired) electrons. The van der Waals surface area contributed by atoms with Gasteiger partial charge in [-0.3, -0.25) is 0 Å². The van der Waals surface area contributed by atoms with Gasteiger partial charge in [-0.05, 0) is 66.1 Å². The number of para-hydroxylation sites is 2. The van der Waals surface area contributed by atoms with Crippen molar-refractivity contribution in [3.05, 3.63) is 102 Å². The molecule has 2 unspecified atom stereocenters. The van der Waals surface area contributed by atoms with Crippen molar-refractivity contribution in [3.8, 4) is 5.75 Å². The van der Waals surface area contributed by atoms with Crippen LogP contribution in [0.1, 0.15) is 34.5 Å². The van der Waals surface area contributed by atoms with E-state index >= 15 is 0 Å². The maximum atomic E-state index is 12.2. The van der Waals surface area contributed by atoms with Crippen LogP contribution in [-0.4, -0.2) is 32.3 Å². The smallest absolute Gasteiger partial charge is 0.337 e. The first-order chi connectivity index (χ1) is 17.0. The third-order valence-corrected chi connectivity index (χ3v) is 6.57. The van der Waals surface area contributed by atoms with Gasteiger partial charge in [0.05, 0.1) is 24.9 Å². The molecular formula is C30H30N2O3. The number of aryl methyl sites for hydroxylation is 1. The molecule has 0 fully saturated rings. The van der Waals surface area contributed by atoms with E-state index in [1.54, 1.807) is 0 Å². The molecule has 0 aromatic heterocycles. The Labute approximate surface area is 206 Å². The molecule has 178 valence electrons. The van der Waals surface area contributed by atoms with Crippen LogP contribution in [0.2, 0.25) is 0 Å². The molecule has 1 aliphatic heterocycles. The van der Waals surface area contributed by atoms with Crippen molar-refractivity contribution in [2.24, 2.45) is 0 Å². The minimum Gasteiger partial charge on any atom is -0.485 e. The molecule has 1 heterocycles. The summed E-state index contributed by atoms with van der Waals surface area (Å²) in [6, 6.07) is 29.0. The summed E-state index contributed by atoms with van der Waals surface area (Å²) in [5.41, 5.74) is 4.77. The van der Waals surface area contributed by atoms with Gasteiger partial charge < -0.3 is 19.7 Å². The molecular weight excluding hydrogens is 436 g/mol. The van der Waals surface area contributed by atoms with E-state index in [2.05, 4.69) is 71.7 Å². The lowest BCUT2D eigenvalue weighted by Gasteiger charge is -2.37. The molecule has 5 heteroatoms. The van der Waals surface area contributed by atoms with Crippen molar-refractivity contribution in [2.45, 2.75) is 26.0 Å². The Morgan fingerprint density at radius 2 is 1.83 bits per heavy atom. The standard InChI is InChI=1S/C30H30N2O3/c1-20-15-23(30(33)34-3)17-24(16-20)32-19-25(35-29-14-7-6-13-28(29)32)18-31-21(2)26-12-8-10-22-9-4-5-11-27(22)26/h4-17,21,25,31H,18-19H2,1-3H3. The van der Waals surface area contributed by atoms with Crippen molar-refractivity contribution in [3.63, 3.8) is 0 Å². The van der Waals surface area contributed by atoms with Gasteiger partial charge in [0.15, 0.2) is 0 Å². The monoisotopic (exact) mass is 466 g/mol. The summed E-state index contributed by atoms with van der Waals surface area (Å²) >= 11 is 0. The Balaban J connectivity index is 1.39. The van der Waals surface area contributed by atoms with E-state index in [1.165, 1.54) is 23.4 Å². The number of hydrogen-bond acceptors (Lipinski definition) is 5. The van der Waals surface area contributed by atoms with Gasteiger partial charge in [-0.2, -0.15) is 0 Å². The van der Waals surface area contributed by atoms with E-state index in [-0.39, 0.29) is 18.1 Å². The summed E-state index contributed by atoms with van der Waals surface area (Å²) in [5.74, 6) is 0.503. The summed E-state index contributed by atoms with van der Waals surface area (Å²) in [6.45, 7) is 5.54. The largest absolute Gasteiger partial charge is 0.485 e. The Morgan fingerprint density at radius 3 is 2.69 bits per heavy atom. The van der Waals surface area contributed by atoms with Gasteiger partial charge in [0, 0.05) is 18.3 Å². The fourth-order valence-electron chi connectivity index (χ4n) is 4.85. The van der Waals surface area contributed by atoms with Crippen LogP contribution in [0.25, 0.3) is 10.8 Å². The summed E-state index contributed by atoms with van der Waals surface area (Å²) in [5, 5.41) is 6.20. The second-order valence-electron chi connectivity index (χ2n) is 9.07. The highest BCUT2D eigenvalue weighted by atomic mass is 16.5. The highest BCUT2D eigenvalue weighted by molar-refractivity contribution is 5.91. The van der Waals surface area contributed by atoms with Crippen molar-refractivity contribution in [1.29, 1.82) is 0 Å². The topological polar surface area (TPSA) is 50.8 Å². The molecule has 0 saturated heterocycles. The fraction of sp³-hybridized carbons (Fsp3) is 0.233. The van der Waals surface area contributed by atoms with Crippen LogP contribution < -0.4 is 15.0 Å². The number of methoxy groups -OCH3 is 1. The first-order valence-electron chi connectivity index (χ1n) is 12.0. The van der Waals surface area contributed by atoms with Crippen LogP contribution >= 0.6 is 0 Å². The van der Waals surface area contributed by atoms with Crippen molar-refractivity contribution in [1.82, 2.24) is 5.32 Å². The van der Waals surface area contributed by atoms with Crippen LogP contribution in [0.3, 0.4) is 0 Å². The Hall–Kier alpha value is -3.83. The quantitative estimate of drug-likeness (QED) is 0.344.